The van der Waals surface area contributed by atoms with Gasteiger partial charge in [-0.15, -0.1) is 34.2 Å². The molecule has 0 saturated carbocycles. The van der Waals surface area contributed by atoms with Gasteiger partial charge in [0.1, 0.15) is 6.33 Å². The molecule has 0 radical (unpaired) electrons. The third-order valence-electron chi connectivity index (χ3n) is 1.94. The molecule has 0 saturated heterocycles. The number of hydrogen-bond acceptors (Lipinski definition) is 3. The Labute approximate surface area is 119 Å². The fourth-order valence-corrected chi connectivity index (χ4v) is 1.16. The third-order valence-corrected chi connectivity index (χ3v) is 1.94. The zero-order chi connectivity index (χ0) is 12.2. The molecular formula is C10H21IN6. The highest BCUT2D eigenvalue weighted by atomic mass is 127. The summed E-state index contributed by atoms with van der Waals surface area (Å²) in [5.74, 6) is 1.63. The van der Waals surface area contributed by atoms with Gasteiger partial charge in [-0.2, -0.15) is 0 Å². The van der Waals surface area contributed by atoms with E-state index in [9.17, 15) is 0 Å². The molecular weight excluding hydrogens is 331 g/mol. The molecule has 0 aliphatic carbocycles. The number of halogens is 1. The van der Waals surface area contributed by atoms with Crippen molar-refractivity contribution in [1.82, 2.24) is 25.4 Å². The number of aromatic nitrogens is 3. The molecule has 1 aromatic heterocycles. The first kappa shape index (κ1) is 16.1. The summed E-state index contributed by atoms with van der Waals surface area (Å²) >= 11 is 0. The summed E-state index contributed by atoms with van der Waals surface area (Å²) in [6.07, 6.45) is 1.68. The maximum atomic E-state index is 4.14. The Kier molecular flexibility index (Phi) is 6.43. The molecule has 17 heavy (non-hydrogen) atoms. The number of hydrogen-bond donors (Lipinski definition) is 2. The van der Waals surface area contributed by atoms with Crippen molar-refractivity contribution in [1.29, 1.82) is 0 Å². The van der Waals surface area contributed by atoms with Crippen molar-refractivity contribution in [3.05, 3.63) is 12.2 Å². The van der Waals surface area contributed by atoms with E-state index in [0.717, 1.165) is 11.8 Å². The maximum absolute atomic E-state index is 4.14. The van der Waals surface area contributed by atoms with Crippen molar-refractivity contribution in [3.63, 3.8) is 0 Å². The average molecular weight is 352 g/mol. The molecule has 0 atom stereocenters. The standard InChI is InChI=1S/C10H20N6.HI/c1-10(2,3)14-9(11-4)12-6-8-15-13-7-16(8)5;/h7H,6H2,1-5H3,(H2,11,12,14);1H. The minimum Gasteiger partial charge on any atom is -0.352 e. The third kappa shape index (κ3) is 5.85. The van der Waals surface area contributed by atoms with Crippen LogP contribution in [0.5, 0.6) is 0 Å². The second-order valence-electron chi connectivity index (χ2n) is 4.66. The van der Waals surface area contributed by atoms with E-state index in [4.69, 9.17) is 0 Å². The first-order valence-electron chi connectivity index (χ1n) is 5.24. The van der Waals surface area contributed by atoms with Crippen molar-refractivity contribution in [2.24, 2.45) is 12.0 Å². The van der Waals surface area contributed by atoms with Gasteiger partial charge >= 0.3 is 0 Å². The lowest BCUT2D eigenvalue weighted by Crippen LogP contribution is -2.47. The highest BCUT2D eigenvalue weighted by Crippen LogP contribution is 1.98. The van der Waals surface area contributed by atoms with Crippen LogP contribution in [0.1, 0.15) is 26.6 Å². The smallest absolute Gasteiger partial charge is 0.191 e. The minimum absolute atomic E-state index is 0. The topological polar surface area (TPSA) is 67.1 Å². The Morgan fingerprint density at radius 1 is 1.47 bits per heavy atom. The Hall–Kier alpha value is -0.860. The molecule has 0 fully saturated rings. The zero-order valence-electron chi connectivity index (χ0n) is 11.0. The molecule has 0 spiro atoms. The van der Waals surface area contributed by atoms with E-state index in [0.29, 0.717) is 6.54 Å². The van der Waals surface area contributed by atoms with Crippen LogP contribution in [0.4, 0.5) is 0 Å². The van der Waals surface area contributed by atoms with Crippen LogP contribution < -0.4 is 10.6 Å². The van der Waals surface area contributed by atoms with E-state index in [1.165, 1.54) is 0 Å². The van der Waals surface area contributed by atoms with Crippen molar-refractivity contribution >= 4 is 29.9 Å². The Morgan fingerprint density at radius 2 is 2.12 bits per heavy atom. The van der Waals surface area contributed by atoms with Gasteiger partial charge in [-0.05, 0) is 20.8 Å². The van der Waals surface area contributed by atoms with Crippen LogP contribution in [0.3, 0.4) is 0 Å². The molecule has 0 aliphatic heterocycles. The quantitative estimate of drug-likeness (QED) is 0.472. The Balaban J connectivity index is 0.00000256. The number of nitrogens with zero attached hydrogens (tertiary/aromatic N) is 4. The Bertz CT molecular complexity index is 365. The number of guanidine groups is 1. The van der Waals surface area contributed by atoms with Gasteiger partial charge in [0, 0.05) is 19.6 Å². The predicted octanol–water partition coefficient (Wildman–Crippen LogP) is 0.897. The zero-order valence-corrected chi connectivity index (χ0v) is 13.3. The highest BCUT2D eigenvalue weighted by molar-refractivity contribution is 14.0. The van der Waals surface area contributed by atoms with Crippen molar-refractivity contribution in [2.75, 3.05) is 7.05 Å². The van der Waals surface area contributed by atoms with Gasteiger partial charge < -0.3 is 15.2 Å². The van der Waals surface area contributed by atoms with E-state index in [2.05, 4.69) is 46.6 Å². The van der Waals surface area contributed by atoms with E-state index in [1.807, 2.05) is 11.6 Å². The van der Waals surface area contributed by atoms with Crippen LogP contribution in [0, 0.1) is 0 Å². The van der Waals surface area contributed by atoms with E-state index in [1.54, 1.807) is 13.4 Å². The highest BCUT2D eigenvalue weighted by Gasteiger charge is 2.12. The predicted molar refractivity (Wildman–Crippen MR) is 79.5 cm³/mol. The van der Waals surface area contributed by atoms with Crippen molar-refractivity contribution in [2.45, 2.75) is 32.9 Å². The number of aliphatic imine (C=N–C) groups is 1. The minimum atomic E-state index is -0.0122. The molecule has 1 heterocycles. The van der Waals surface area contributed by atoms with Crippen LogP contribution in [0.25, 0.3) is 0 Å². The lowest BCUT2D eigenvalue weighted by Gasteiger charge is -2.23. The Morgan fingerprint density at radius 3 is 2.53 bits per heavy atom. The largest absolute Gasteiger partial charge is 0.352 e. The summed E-state index contributed by atoms with van der Waals surface area (Å²) in [6.45, 7) is 6.86. The fraction of sp³-hybridized carbons (Fsp3) is 0.700. The van der Waals surface area contributed by atoms with Gasteiger partial charge in [0.2, 0.25) is 0 Å². The number of aryl methyl sites for hydroxylation is 1. The summed E-state index contributed by atoms with van der Waals surface area (Å²) in [5.41, 5.74) is -0.0122. The summed E-state index contributed by atoms with van der Waals surface area (Å²) in [6, 6.07) is 0. The lowest BCUT2D eigenvalue weighted by molar-refractivity contribution is 0.500. The van der Waals surface area contributed by atoms with Gasteiger partial charge in [-0.25, -0.2) is 0 Å². The van der Waals surface area contributed by atoms with Gasteiger partial charge in [0.05, 0.1) is 6.54 Å². The molecule has 1 rings (SSSR count). The number of rotatable bonds is 2. The first-order valence-corrected chi connectivity index (χ1v) is 5.24. The average Bonchev–Trinajstić information content (AvgIpc) is 2.57. The molecule has 0 aliphatic rings. The molecule has 0 bridgehead atoms. The molecule has 6 nitrogen and oxygen atoms in total. The summed E-state index contributed by atoms with van der Waals surface area (Å²) in [7, 11) is 3.66. The normalized spacial score (nSPS) is 11.9. The lowest BCUT2D eigenvalue weighted by atomic mass is 10.1. The molecule has 0 aromatic carbocycles. The van der Waals surface area contributed by atoms with Crippen LogP contribution >= 0.6 is 24.0 Å². The molecule has 0 unspecified atom stereocenters. The summed E-state index contributed by atoms with van der Waals surface area (Å²) in [4.78, 5) is 4.14. The molecule has 2 N–H and O–H groups in total. The summed E-state index contributed by atoms with van der Waals surface area (Å²) in [5, 5.41) is 14.3. The molecule has 98 valence electrons. The SMILES string of the molecule is CN=C(NCc1nncn1C)NC(C)(C)C.I. The molecule has 7 heteroatoms. The van der Waals surface area contributed by atoms with Crippen molar-refractivity contribution in [3.8, 4) is 0 Å². The van der Waals surface area contributed by atoms with Gasteiger partial charge in [0.15, 0.2) is 11.8 Å². The van der Waals surface area contributed by atoms with Crippen LogP contribution in [0.15, 0.2) is 11.3 Å². The van der Waals surface area contributed by atoms with Crippen LogP contribution in [-0.4, -0.2) is 33.3 Å². The maximum Gasteiger partial charge on any atom is 0.191 e. The van der Waals surface area contributed by atoms with Gasteiger partial charge in [-0.3, -0.25) is 4.99 Å². The summed E-state index contributed by atoms with van der Waals surface area (Å²) < 4.78 is 1.87. The number of nitrogens with one attached hydrogen (secondary N) is 2. The van der Waals surface area contributed by atoms with E-state index >= 15 is 0 Å². The second-order valence-corrected chi connectivity index (χ2v) is 4.66. The van der Waals surface area contributed by atoms with E-state index in [-0.39, 0.29) is 29.5 Å². The van der Waals surface area contributed by atoms with Gasteiger partial charge in [-0.1, -0.05) is 0 Å². The molecule has 0 amide bonds. The molecule has 1 aromatic rings. The fourth-order valence-electron chi connectivity index (χ4n) is 1.16. The van der Waals surface area contributed by atoms with Gasteiger partial charge in [0.25, 0.3) is 0 Å². The van der Waals surface area contributed by atoms with Crippen molar-refractivity contribution < 1.29 is 0 Å². The van der Waals surface area contributed by atoms with E-state index < -0.39 is 0 Å². The van der Waals surface area contributed by atoms with Crippen LogP contribution in [0.2, 0.25) is 0 Å². The monoisotopic (exact) mass is 352 g/mol. The second kappa shape index (κ2) is 6.77. The van der Waals surface area contributed by atoms with Crippen LogP contribution in [-0.2, 0) is 13.6 Å². The first-order chi connectivity index (χ1) is 7.42.